The van der Waals surface area contributed by atoms with Crippen LogP contribution in [-0.4, -0.2) is 16.1 Å². The Kier molecular flexibility index (Phi) is 3.80. The number of aryl methyl sites for hydroxylation is 1. The molecule has 0 aliphatic heterocycles. The monoisotopic (exact) mass is 209 g/mol. The molecule has 4 nitrogen and oxygen atoms in total. The van der Waals surface area contributed by atoms with Gasteiger partial charge >= 0.3 is 0 Å². The first-order valence-electron chi connectivity index (χ1n) is 4.94. The number of aliphatic hydroxyl groups is 1. The maximum Gasteiger partial charge on any atom is 0.242 e. The zero-order valence-corrected chi connectivity index (χ0v) is 8.88. The van der Waals surface area contributed by atoms with E-state index in [2.05, 4.69) is 0 Å². The van der Waals surface area contributed by atoms with Crippen LogP contribution in [0.4, 0.5) is 0 Å². The van der Waals surface area contributed by atoms with Crippen molar-refractivity contribution < 1.29 is 10.0 Å². The van der Waals surface area contributed by atoms with Crippen LogP contribution in [0.15, 0.2) is 24.3 Å². The standard InChI is InChI=1S/C11H15NO3/c1-3-10(12(14)15)11(13)9-6-4-5-8(2)7-9/h4-7,10-11,13H,3H2,1-2H3. The van der Waals surface area contributed by atoms with Gasteiger partial charge < -0.3 is 5.11 Å². The van der Waals surface area contributed by atoms with Crippen molar-refractivity contribution in [2.75, 3.05) is 0 Å². The molecule has 2 atom stereocenters. The highest BCUT2D eigenvalue weighted by molar-refractivity contribution is 5.24. The number of rotatable bonds is 4. The van der Waals surface area contributed by atoms with Gasteiger partial charge in [-0.1, -0.05) is 36.8 Å². The van der Waals surface area contributed by atoms with Crippen molar-refractivity contribution in [3.05, 3.63) is 45.5 Å². The summed E-state index contributed by atoms with van der Waals surface area (Å²) in [5, 5.41) is 20.5. The Balaban J connectivity index is 2.92. The maximum absolute atomic E-state index is 10.7. The van der Waals surface area contributed by atoms with Crippen LogP contribution in [0, 0.1) is 17.0 Å². The summed E-state index contributed by atoms with van der Waals surface area (Å²) >= 11 is 0. The van der Waals surface area contributed by atoms with Gasteiger partial charge in [-0.05, 0) is 12.5 Å². The molecule has 0 bridgehead atoms. The highest BCUT2D eigenvalue weighted by atomic mass is 16.6. The van der Waals surface area contributed by atoms with Crippen molar-refractivity contribution in [2.24, 2.45) is 0 Å². The van der Waals surface area contributed by atoms with Crippen molar-refractivity contribution in [1.29, 1.82) is 0 Å². The summed E-state index contributed by atoms with van der Waals surface area (Å²) in [4.78, 5) is 10.3. The fraction of sp³-hybridized carbons (Fsp3) is 0.455. The third-order valence-corrected chi connectivity index (χ3v) is 2.44. The first-order valence-corrected chi connectivity index (χ1v) is 4.94. The van der Waals surface area contributed by atoms with Gasteiger partial charge in [-0.15, -0.1) is 0 Å². The Hall–Kier alpha value is -1.42. The molecule has 1 N–H and O–H groups in total. The van der Waals surface area contributed by atoms with Crippen molar-refractivity contribution in [3.63, 3.8) is 0 Å². The molecule has 1 aromatic carbocycles. The van der Waals surface area contributed by atoms with Crippen molar-refractivity contribution in [1.82, 2.24) is 0 Å². The number of hydrogen-bond donors (Lipinski definition) is 1. The van der Waals surface area contributed by atoms with Crippen LogP contribution in [0.2, 0.25) is 0 Å². The van der Waals surface area contributed by atoms with Gasteiger partial charge in [-0.3, -0.25) is 10.1 Å². The molecule has 0 amide bonds. The first-order chi connectivity index (χ1) is 7.06. The van der Waals surface area contributed by atoms with E-state index in [4.69, 9.17) is 0 Å². The summed E-state index contributed by atoms with van der Waals surface area (Å²) in [5.41, 5.74) is 1.60. The molecule has 1 rings (SSSR count). The van der Waals surface area contributed by atoms with Gasteiger partial charge in [0.15, 0.2) is 0 Å². The second-order valence-corrected chi connectivity index (χ2v) is 3.62. The third kappa shape index (κ3) is 2.76. The van der Waals surface area contributed by atoms with Crippen LogP contribution in [-0.2, 0) is 0 Å². The van der Waals surface area contributed by atoms with Crippen LogP contribution in [0.25, 0.3) is 0 Å². The van der Waals surface area contributed by atoms with Crippen molar-refractivity contribution >= 4 is 0 Å². The van der Waals surface area contributed by atoms with E-state index in [0.29, 0.717) is 12.0 Å². The Morgan fingerprint density at radius 1 is 1.53 bits per heavy atom. The summed E-state index contributed by atoms with van der Waals surface area (Å²) in [5.74, 6) is 0. The molecule has 0 aliphatic rings. The zero-order valence-electron chi connectivity index (χ0n) is 8.88. The Bertz CT molecular complexity index is 351. The van der Waals surface area contributed by atoms with Crippen LogP contribution in [0.5, 0.6) is 0 Å². The van der Waals surface area contributed by atoms with E-state index >= 15 is 0 Å². The molecular formula is C11H15NO3. The average Bonchev–Trinajstić information content (AvgIpc) is 2.18. The fourth-order valence-electron chi connectivity index (χ4n) is 1.56. The molecule has 0 aliphatic carbocycles. The van der Waals surface area contributed by atoms with Crippen LogP contribution >= 0.6 is 0 Å². The number of benzene rings is 1. The molecule has 82 valence electrons. The van der Waals surface area contributed by atoms with Crippen LogP contribution in [0.3, 0.4) is 0 Å². The first kappa shape index (κ1) is 11.7. The molecule has 0 radical (unpaired) electrons. The van der Waals surface area contributed by atoms with Gasteiger partial charge in [0.25, 0.3) is 0 Å². The van der Waals surface area contributed by atoms with E-state index in [1.165, 1.54) is 0 Å². The number of hydrogen-bond acceptors (Lipinski definition) is 3. The maximum atomic E-state index is 10.7. The molecule has 0 fully saturated rings. The van der Waals surface area contributed by atoms with E-state index in [1.807, 2.05) is 13.0 Å². The SMILES string of the molecule is CCC(C(O)c1cccc(C)c1)[N+](=O)[O-]. The molecule has 0 spiro atoms. The lowest BCUT2D eigenvalue weighted by Gasteiger charge is -2.15. The van der Waals surface area contributed by atoms with Crippen molar-refractivity contribution in [3.8, 4) is 0 Å². The van der Waals surface area contributed by atoms with Gasteiger partial charge in [-0.2, -0.15) is 0 Å². The highest BCUT2D eigenvalue weighted by Gasteiger charge is 2.28. The van der Waals surface area contributed by atoms with Gasteiger partial charge in [0.05, 0.1) is 0 Å². The Labute approximate surface area is 88.7 Å². The minimum atomic E-state index is -1.02. The summed E-state index contributed by atoms with van der Waals surface area (Å²) in [6.45, 7) is 3.59. The van der Waals surface area contributed by atoms with Crippen LogP contribution < -0.4 is 0 Å². The molecular weight excluding hydrogens is 194 g/mol. The molecule has 0 heterocycles. The average molecular weight is 209 g/mol. The summed E-state index contributed by atoms with van der Waals surface area (Å²) in [6.07, 6.45) is -0.702. The quantitative estimate of drug-likeness (QED) is 0.610. The Morgan fingerprint density at radius 2 is 2.20 bits per heavy atom. The predicted octanol–water partition coefficient (Wildman–Crippen LogP) is 2.08. The third-order valence-electron chi connectivity index (χ3n) is 2.44. The molecule has 15 heavy (non-hydrogen) atoms. The Morgan fingerprint density at radius 3 is 2.67 bits per heavy atom. The minimum absolute atomic E-state index is 0.322. The topological polar surface area (TPSA) is 63.4 Å². The van der Waals surface area contributed by atoms with Gasteiger partial charge in [0.2, 0.25) is 6.04 Å². The lowest BCUT2D eigenvalue weighted by Crippen LogP contribution is -2.26. The molecule has 2 unspecified atom stereocenters. The highest BCUT2D eigenvalue weighted by Crippen LogP contribution is 2.21. The van der Waals surface area contributed by atoms with E-state index in [9.17, 15) is 15.2 Å². The predicted molar refractivity (Wildman–Crippen MR) is 57.2 cm³/mol. The van der Waals surface area contributed by atoms with Crippen molar-refractivity contribution in [2.45, 2.75) is 32.4 Å². The van der Waals surface area contributed by atoms with E-state index in [1.54, 1.807) is 25.1 Å². The summed E-state index contributed by atoms with van der Waals surface area (Å²) < 4.78 is 0. The number of nitro groups is 1. The molecule has 4 heteroatoms. The zero-order chi connectivity index (χ0) is 11.4. The summed E-state index contributed by atoms with van der Waals surface area (Å²) in [6, 6.07) is 6.25. The second-order valence-electron chi connectivity index (χ2n) is 3.62. The molecule has 0 saturated heterocycles. The van der Waals surface area contributed by atoms with Crippen LogP contribution in [0.1, 0.15) is 30.6 Å². The fourth-order valence-corrected chi connectivity index (χ4v) is 1.56. The van der Waals surface area contributed by atoms with E-state index in [0.717, 1.165) is 5.56 Å². The van der Waals surface area contributed by atoms with E-state index < -0.39 is 17.1 Å². The van der Waals surface area contributed by atoms with Gasteiger partial charge in [0.1, 0.15) is 6.10 Å². The lowest BCUT2D eigenvalue weighted by molar-refractivity contribution is -0.536. The smallest absolute Gasteiger partial charge is 0.242 e. The normalized spacial score (nSPS) is 14.6. The minimum Gasteiger partial charge on any atom is -0.381 e. The number of aliphatic hydroxyl groups excluding tert-OH is 1. The molecule has 0 aromatic heterocycles. The second kappa shape index (κ2) is 4.89. The largest absolute Gasteiger partial charge is 0.381 e. The molecule has 1 aromatic rings. The van der Waals surface area contributed by atoms with Gasteiger partial charge in [0, 0.05) is 11.3 Å². The summed E-state index contributed by atoms with van der Waals surface area (Å²) in [7, 11) is 0. The lowest BCUT2D eigenvalue weighted by atomic mass is 9.99. The molecule has 0 saturated carbocycles. The van der Waals surface area contributed by atoms with E-state index in [-0.39, 0.29) is 0 Å². The number of nitrogens with zero attached hydrogens (tertiary/aromatic N) is 1. The van der Waals surface area contributed by atoms with Gasteiger partial charge in [-0.25, -0.2) is 0 Å².